The van der Waals surface area contributed by atoms with E-state index in [1.165, 1.54) is 10.6 Å². The second-order valence-corrected chi connectivity index (χ2v) is 6.43. The van der Waals surface area contributed by atoms with E-state index in [1.807, 2.05) is 24.8 Å². The maximum absolute atomic E-state index is 4.40. The summed E-state index contributed by atoms with van der Waals surface area (Å²) in [5, 5.41) is 3.50. The monoisotopic (exact) mass is 264 g/mol. The summed E-state index contributed by atoms with van der Waals surface area (Å²) in [6.45, 7) is 10.2. The van der Waals surface area contributed by atoms with Crippen molar-refractivity contribution in [2.45, 2.75) is 46.3 Å². The fourth-order valence-electron chi connectivity index (χ4n) is 1.70. The molecule has 4 nitrogen and oxygen atoms in total. The van der Waals surface area contributed by atoms with Crippen LogP contribution in [0.2, 0.25) is 0 Å². The van der Waals surface area contributed by atoms with Gasteiger partial charge in [0.05, 0.1) is 17.7 Å². The molecule has 0 aliphatic carbocycles. The van der Waals surface area contributed by atoms with E-state index < -0.39 is 0 Å². The van der Waals surface area contributed by atoms with Gasteiger partial charge >= 0.3 is 0 Å². The third-order valence-corrected chi connectivity index (χ3v) is 3.50. The van der Waals surface area contributed by atoms with Crippen molar-refractivity contribution in [3.8, 4) is 0 Å². The number of nitrogens with zero attached hydrogens (tertiary/aromatic N) is 3. The lowest BCUT2D eigenvalue weighted by Crippen LogP contribution is -2.35. The van der Waals surface area contributed by atoms with Gasteiger partial charge in [-0.1, -0.05) is 0 Å². The minimum atomic E-state index is 0.119. The summed E-state index contributed by atoms with van der Waals surface area (Å²) < 4.78 is 2.24. The first-order valence-electron chi connectivity index (χ1n) is 6.09. The van der Waals surface area contributed by atoms with Crippen LogP contribution < -0.4 is 5.32 Å². The molecule has 0 aliphatic heterocycles. The van der Waals surface area contributed by atoms with E-state index in [0.717, 1.165) is 18.9 Å². The zero-order valence-electron chi connectivity index (χ0n) is 11.4. The van der Waals surface area contributed by atoms with Crippen LogP contribution in [-0.4, -0.2) is 20.1 Å². The molecule has 1 N–H and O–H groups in total. The number of rotatable bonds is 4. The molecule has 0 fully saturated rings. The van der Waals surface area contributed by atoms with Crippen molar-refractivity contribution in [2.24, 2.45) is 0 Å². The topological polar surface area (TPSA) is 42.7 Å². The van der Waals surface area contributed by atoms with Crippen LogP contribution in [-0.2, 0) is 13.1 Å². The van der Waals surface area contributed by atoms with E-state index in [2.05, 4.69) is 40.6 Å². The van der Waals surface area contributed by atoms with Crippen molar-refractivity contribution < 1.29 is 0 Å². The molecule has 0 radical (unpaired) electrons. The van der Waals surface area contributed by atoms with Gasteiger partial charge in [0.1, 0.15) is 5.82 Å². The maximum Gasteiger partial charge on any atom is 0.106 e. The highest BCUT2D eigenvalue weighted by atomic mass is 32.1. The zero-order chi connectivity index (χ0) is 13.2. The molecule has 0 spiro atoms. The van der Waals surface area contributed by atoms with Gasteiger partial charge < -0.3 is 9.88 Å². The van der Waals surface area contributed by atoms with E-state index in [9.17, 15) is 0 Å². The molecular formula is C13H20N4S. The molecule has 0 bridgehead atoms. The molecular weight excluding hydrogens is 244 g/mol. The summed E-state index contributed by atoms with van der Waals surface area (Å²) in [5.74, 6) is 1.05. The Morgan fingerprint density at radius 2 is 2.11 bits per heavy atom. The molecule has 0 saturated heterocycles. The second kappa shape index (κ2) is 5.20. The van der Waals surface area contributed by atoms with Crippen LogP contribution in [0.1, 0.15) is 37.2 Å². The standard InChI is InChI=1S/C13H20N4S/c1-10-15-5-11(6-16-13(2,3)4)17(10)8-12-7-14-9-18-12/h5,7,9,16H,6,8H2,1-4H3. The van der Waals surface area contributed by atoms with E-state index in [1.54, 1.807) is 11.3 Å². The molecule has 18 heavy (non-hydrogen) atoms. The van der Waals surface area contributed by atoms with Gasteiger partial charge in [-0.2, -0.15) is 0 Å². The highest BCUT2D eigenvalue weighted by molar-refractivity contribution is 7.09. The Kier molecular flexibility index (Phi) is 3.82. The Morgan fingerprint density at radius 1 is 1.33 bits per heavy atom. The molecule has 0 unspecified atom stereocenters. The number of aromatic nitrogens is 3. The van der Waals surface area contributed by atoms with Crippen molar-refractivity contribution in [2.75, 3.05) is 0 Å². The summed E-state index contributed by atoms with van der Waals surface area (Å²) in [5.41, 5.74) is 3.21. The second-order valence-electron chi connectivity index (χ2n) is 5.45. The van der Waals surface area contributed by atoms with E-state index in [-0.39, 0.29) is 5.54 Å². The Morgan fingerprint density at radius 3 is 2.72 bits per heavy atom. The number of hydrogen-bond donors (Lipinski definition) is 1. The van der Waals surface area contributed by atoms with E-state index >= 15 is 0 Å². The summed E-state index contributed by atoms with van der Waals surface area (Å²) in [4.78, 5) is 9.78. The lowest BCUT2D eigenvalue weighted by atomic mass is 10.1. The number of aryl methyl sites for hydroxylation is 1. The first kappa shape index (κ1) is 13.2. The molecule has 98 valence electrons. The fourth-order valence-corrected chi connectivity index (χ4v) is 2.29. The van der Waals surface area contributed by atoms with E-state index in [0.29, 0.717) is 0 Å². The number of nitrogens with one attached hydrogen (secondary N) is 1. The third kappa shape index (κ3) is 3.40. The lowest BCUT2D eigenvalue weighted by Gasteiger charge is -2.21. The van der Waals surface area contributed by atoms with Crippen molar-refractivity contribution in [1.82, 2.24) is 19.9 Å². The van der Waals surface area contributed by atoms with Crippen LogP contribution in [0.4, 0.5) is 0 Å². The molecule has 0 aliphatic rings. The van der Waals surface area contributed by atoms with Crippen molar-refractivity contribution in [3.63, 3.8) is 0 Å². The molecule has 0 aromatic carbocycles. The number of thiazole rings is 1. The zero-order valence-corrected chi connectivity index (χ0v) is 12.2. The molecule has 2 rings (SSSR count). The minimum Gasteiger partial charge on any atom is -0.326 e. The van der Waals surface area contributed by atoms with Crippen LogP contribution in [0.15, 0.2) is 17.9 Å². The number of imidazole rings is 1. The molecule has 2 aromatic heterocycles. The summed E-state index contributed by atoms with van der Waals surface area (Å²) in [7, 11) is 0. The van der Waals surface area contributed by atoms with Crippen LogP contribution in [0.25, 0.3) is 0 Å². The first-order valence-corrected chi connectivity index (χ1v) is 6.97. The highest BCUT2D eigenvalue weighted by Crippen LogP contribution is 2.13. The quantitative estimate of drug-likeness (QED) is 0.923. The van der Waals surface area contributed by atoms with Crippen molar-refractivity contribution in [3.05, 3.63) is 34.3 Å². The van der Waals surface area contributed by atoms with Crippen LogP contribution in [0.3, 0.4) is 0 Å². The Bertz CT molecular complexity index is 494. The Hall–Kier alpha value is -1.20. The predicted octanol–water partition coefficient (Wildman–Crippen LogP) is 2.58. The van der Waals surface area contributed by atoms with Crippen LogP contribution in [0.5, 0.6) is 0 Å². The maximum atomic E-state index is 4.40. The first-order chi connectivity index (χ1) is 8.46. The molecule has 2 aromatic rings. The lowest BCUT2D eigenvalue weighted by molar-refractivity contribution is 0.416. The average molecular weight is 264 g/mol. The van der Waals surface area contributed by atoms with Gasteiger partial charge in [0.2, 0.25) is 0 Å². The molecule has 5 heteroatoms. The van der Waals surface area contributed by atoms with Gasteiger partial charge in [-0.05, 0) is 27.7 Å². The predicted molar refractivity (Wildman–Crippen MR) is 74.8 cm³/mol. The average Bonchev–Trinajstić information content (AvgIpc) is 2.88. The van der Waals surface area contributed by atoms with Gasteiger partial charge in [-0.15, -0.1) is 11.3 Å². The molecule has 2 heterocycles. The number of hydrogen-bond acceptors (Lipinski definition) is 4. The van der Waals surface area contributed by atoms with Gasteiger partial charge in [-0.3, -0.25) is 4.98 Å². The largest absolute Gasteiger partial charge is 0.326 e. The normalized spacial score (nSPS) is 12.0. The Balaban J connectivity index is 2.12. The fraction of sp³-hybridized carbons (Fsp3) is 0.538. The molecule has 0 amide bonds. The van der Waals surface area contributed by atoms with E-state index in [4.69, 9.17) is 0 Å². The van der Waals surface area contributed by atoms with Crippen LogP contribution >= 0.6 is 11.3 Å². The van der Waals surface area contributed by atoms with Crippen molar-refractivity contribution in [1.29, 1.82) is 0 Å². The highest BCUT2D eigenvalue weighted by Gasteiger charge is 2.12. The SMILES string of the molecule is Cc1ncc(CNC(C)(C)C)n1Cc1cncs1. The van der Waals surface area contributed by atoms with Crippen molar-refractivity contribution >= 4 is 11.3 Å². The Labute approximate surface area is 112 Å². The van der Waals surface area contributed by atoms with Crippen LogP contribution in [0, 0.1) is 6.92 Å². The smallest absolute Gasteiger partial charge is 0.106 e. The molecule has 0 atom stereocenters. The summed E-state index contributed by atoms with van der Waals surface area (Å²) >= 11 is 1.68. The third-order valence-electron chi connectivity index (χ3n) is 2.73. The van der Waals surface area contributed by atoms with Gasteiger partial charge in [0.15, 0.2) is 0 Å². The van der Waals surface area contributed by atoms with Gasteiger partial charge in [0, 0.05) is 29.4 Å². The summed E-state index contributed by atoms with van der Waals surface area (Å²) in [6, 6.07) is 0. The summed E-state index contributed by atoms with van der Waals surface area (Å²) in [6.07, 6.45) is 3.88. The minimum absolute atomic E-state index is 0.119. The van der Waals surface area contributed by atoms with Gasteiger partial charge in [0.25, 0.3) is 0 Å². The molecule has 0 saturated carbocycles. The van der Waals surface area contributed by atoms with Gasteiger partial charge in [-0.25, -0.2) is 4.98 Å².